The first-order valence-electron chi connectivity index (χ1n) is 6.79. The summed E-state index contributed by atoms with van der Waals surface area (Å²) in [5, 5.41) is 14.4. The highest BCUT2D eigenvalue weighted by molar-refractivity contribution is 6.30. The summed E-state index contributed by atoms with van der Waals surface area (Å²) in [5.74, 6) is -0.237. The molecule has 1 N–H and O–H groups in total. The maximum atomic E-state index is 12.0. The molecule has 0 aliphatic heterocycles. The van der Waals surface area contributed by atoms with Gasteiger partial charge in [-0.1, -0.05) is 29.8 Å². The zero-order chi connectivity index (χ0) is 16.1. The molecule has 0 aliphatic rings. The van der Waals surface area contributed by atoms with Crippen molar-refractivity contribution >= 4 is 29.3 Å². The van der Waals surface area contributed by atoms with Crippen LogP contribution in [0.15, 0.2) is 60.9 Å². The van der Waals surface area contributed by atoms with Gasteiger partial charge >= 0.3 is 0 Å². The predicted molar refractivity (Wildman–Crippen MR) is 88.3 cm³/mol. The summed E-state index contributed by atoms with van der Waals surface area (Å²) in [6, 6.07) is 14.5. The first kappa shape index (κ1) is 14.9. The molecule has 0 unspecified atom stereocenters. The highest BCUT2D eigenvalue weighted by Gasteiger charge is 2.02. The Morgan fingerprint density at radius 1 is 1.17 bits per heavy atom. The summed E-state index contributed by atoms with van der Waals surface area (Å²) in [7, 11) is 0. The second kappa shape index (κ2) is 6.85. The van der Waals surface area contributed by atoms with Crippen LogP contribution in [0.5, 0.6) is 0 Å². The van der Waals surface area contributed by atoms with Crippen molar-refractivity contribution in [2.75, 3.05) is 5.32 Å². The van der Waals surface area contributed by atoms with E-state index in [4.69, 9.17) is 11.6 Å². The van der Waals surface area contributed by atoms with E-state index in [0.717, 1.165) is 11.3 Å². The SMILES string of the molecule is O=C(/C=C/c1cccc(Cl)c1)Nc1cccc(-n2cnnn2)c1. The first-order valence-corrected chi connectivity index (χ1v) is 7.16. The third-order valence-electron chi connectivity index (χ3n) is 3.00. The lowest BCUT2D eigenvalue weighted by molar-refractivity contribution is -0.111. The fraction of sp³-hybridized carbons (Fsp3) is 0. The molecule has 0 radical (unpaired) electrons. The summed E-state index contributed by atoms with van der Waals surface area (Å²) in [5.41, 5.74) is 2.26. The maximum Gasteiger partial charge on any atom is 0.248 e. The minimum atomic E-state index is -0.237. The molecule has 2 aromatic carbocycles. The van der Waals surface area contributed by atoms with Gasteiger partial charge in [0.15, 0.2) is 0 Å². The molecule has 3 rings (SSSR count). The number of anilines is 1. The molecular weight excluding hydrogens is 314 g/mol. The normalized spacial score (nSPS) is 10.8. The number of nitrogens with one attached hydrogen (secondary N) is 1. The molecule has 114 valence electrons. The van der Waals surface area contributed by atoms with Crippen LogP contribution < -0.4 is 5.32 Å². The van der Waals surface area contributed by atoms with Crippen molar-refractivity contribution in [2.45, 2.75) is 0 Å². The Bertz CT molecular complexity index is 845. The second-order valence-corrected chi connectivity index (χ2v) is 5.12. The third-order valence-corrected chi connectivity index (χ3v) is 3.24. The van der Waals surface area contributed by atoms with Gasteiger partial charge in [0.2, 0.25) is 5.91 Å². The van der Waals surface area contributed by atoms with Gasteiger partial charge in [-0.15, -0.1) is 5.10 Å². The van der Waals surface area contributed by atoms with Gasteiger partial charge in [0.05, 0.1) is 5.69 Å². The van der Waals surface area contributed by atoms with E-state index in [2.05, 4.69) is 20.8 Å². The van der Waals surface area contributed by atoms with Crippen LogP contribution in [0.1, 0.15) is 5.56 Å². The minimum absolute atomic E-state index is 0.237. The second-order valence-electron chi connectivity index (χ2n) is 4.68. The van der Waals surface area contributed by atoms with Gasteiger partial charge in [-0.25, -0.2) is 4.68 Å². The Kier molecular flexibility index (Phi) is 4.44. The van der Waals surface area contributed by atoms with E-state index in [1.165, 1.54) is 17.1 Å². The molecular formula is C16H12ClN5O. The average Bonchev–Trinajstić information content (AvgIpc) is 3.08. The minimum Gasteiger partial charge on any atom is -0.322 e. The molecule has 1 aromatic heterocycles. The summed E-state index contributed by atoms with van der Waals surface area (Å²) >= 11 is 5.90. The monoisotopic (exact) mass is 325 g/mol. The van der Waals surface area contributed by atoms with Gasteiger partial charge < -0.3 is 5.32 Å². The summed E-state index contributed by atoms with van der Waals surface area (Å²) in [6.45, 7) is 0. The fourth-order valence-corrected chi connectivity index (χ4v) is 2.17. The number of hydrogen-bond donors (Lipinski definition) is 1. The summed E-state index contributed by atoms with van der Waals surface area (Å²) in [4.78, 5) is 12.0. The van der Waals surface area contributed by atoms with Gasteiger partial charge in [-0.05, 0) is 52.4 Å². The van der Waals surface area contributed by atoms with Crippen molar-refractivity contribution < 1.29 is 4.79 Å². The van der Waals surface area contributed by atoms with Crippen molar-refractivity contribution in [3.63, 3.8) is 0 Å². The standard InChI is InChI=1S/C16H12ClN5O/c17-13-4-1-3-12(9-13)7-8-16(23)19-14-5-2-6-15(10-14)22-11-18-20-21-22/h1-11H,(H,19,23)/b8-7+. The summed E-state index contributed by atoms with van der Waals surface area (Å²) < 4.78 is 1.51. The molecule has 0 saturated carbocycles. The molecule has 6 nitrogen and oxygen atoms in total. The number of nitrogens with zero attached hydrogens (tertiary/aromatic N) is 4. The smallest absolute Gasteiger partial charge is 0.248 e. The molecule has 0 spiro atoms. The molecule has 3 aromatic rings. The van der Waals surface area contributed by atoms with E-state index in [-0.39, 0.29) is 5.91 Å². The van der Waals surface area contributed by atoms with Crippen LogP contribution in [0.3, 0.4) is 0 Å². The highest BCUT2D eigenvalue weighted by Crippen LogP contribution is 2.14. The van der Waals surface area contributed by atoms with Crippen LogP contribution in [-0.4, -0.2) is 26.1 Å². The zero-order valence-electron chi connectivity index (χ0n) is 11.9. The van der Waals surface area contributed by atoms with Crippen molar-refractivity contribution in [1.29, 1.82) is 0 Å². The number of hydrogen-bond acceptors (Lipinski definition) is 4. The Balaban J connectivity index is 1.69. The molecule has 0 fully saturated rings. The van der Waals surface area contributed by atoms with E-state index >= 15 is 0 Å². The van der Waals surface area contributed by atoms with E-state index in [0.29, 0.717) is 10.7 Å². The molecule has 7 heteroatoms. The molecule has 1 heterocycles. The van der Waals surface area contributed by atoms with Crippen LogP contribution >= 0.6 is 11.6 Å². The zero-order valence-corrected chi connectivity index (χ0v) is 12.7. The Labute approximate surface area is 137 Å². The van der Waals surface area contributed by atoms with E-state index in [9.17, 15) is 4.79 Å². The lowest BCUT2D eigenvalue weighted by Crippen LogP contribution is -2.08. The fourth-order valence-electron chi connectivity index (χ4n) is 1.97. The van der Waals surface area contributed by atoms with Gasteiger partial charge in [0, 0.05) is 16.8 Å². The van der Waals surface area contributed by atoms with Crippen molar-refractivity contribution in [3.8, 4) is 5.69 Å². The van der Waals surface area contributed by atoms with Gasteiger partial charge in [0.25, 0.3) is 0 Å². The predicted octanol–water partition coefficient (Wildman–Crippen LogP) is 2.97. The van der Waals surface area contributed by atoms with Crippen LogP contribution in [0.4, 0.5) is 5.69 Å². The lowest BCUT2D eigenvalue weighted by atomic mass is 10.2. The van der Waals surface area contributed by atoms with Crippen LogP contribution in [0, 0.1) is 0 Å². The number of rotatable bonds is 4. The molecule has 0 saturated heterocycles. The van der Waals surface area contributed by atoms with Gasteiger partial charge in [-0.2, -0.15) is 0 Å². The quantitative estimate of drug-likeness (QED) is 0.748. The number of benzene rings is 2. The average molecular weight is 326 g/mol. The molecule has 0 bridgehead atoms. The number of carbonyl (C=O) groups is 1. The number of tetrazole rings is 1. The highest BCUT2D eigenvalue weighted by atomic mass is 35.5. The van der Waals surface area contributed by atoms with Crippen LogP contribution in [-0.2, 0) is 4.79 Å². The number of carbonyl (C=O) groups excluding carboxylic acids is 1. The van der Waals surface area contributed by atoms with Crippen molar-refractivity contribution in [3.05, 3.63) is 71.5 Å². The number of halogens is 1. The third kappa shape index (κ3) is 4.02. The topological polar surface area (TPSA) is 72.7 Å². The largest absolute Gasteiger partial charge is 0.322 e. The van der Waals surface area contributed by atoms with E-state index in [1.54, 1.807) is 30.3 Å². The van der Waals surface area contributed by atoms with Gasteiger partial charge in [-0.3, -0.25) is 4.79 Å². The summed E-state index contributed by atoms with van der Waals surface area (Å²) in [6.07, 6.45) is 4.64. The first-order chi connectivity index (χ1) is 11.2. The lowest BCUT2D eigenvalue weighted by Gasteiger charge is -2.05. The number of aromatic nitrogens is 4. The maximum absolute atomic E-state index is 12.0. The van der Waals surface area contributed by atoms with Crippen molar-refractivity contribution in [2.24, 2.45) is 0 Å². The van der Waals surface area contributed by atoms with Gasteiger partial charge in [0.1, 0.15) is 6.33 Å². The molecule has 0 atom stereocenters. The Hall–Kier alpha value is -2.99. The van der Waals surface area contributed by atoms with Crippen molar-refractivity contribution in [1.82, 2.24) is 20.2 Å². The van der Waals surface area contributed by atoms with E-state index < -0.39 is 0 Å². The molecule has 1 amide bonds. The van der Waals surface area contributed by atoms with Crippen LogP contribution in [0.2, 0.25) is 5.02 Å². The number of amides is 1. The molecule has 0 aliphatic carbocycles. The Morgan fingerprint density at radius 3 is 2.83 bits per heavy atom. The Morgan fingerprint density at radius 2 is 2.04 bits per heavy atom. The molecule has 23 heavy (non-hydrogen) atoms. The van der Waals surface area contributed by atoms with Crippen LogP contribution in [0.25, 0.3) is 11.8 Å². The van der Waals surface area contributed by atoms with E-state index in [1.807, 2.05) is 24.3 Å².